The molecule has 5 heteroatoms. The first-order valence-corrected chi connectivity index (χ1v) is 2.91. The van der Waals surface area contributed by atoms with Crippen LogP contribution in [0.5, 0.6) is 0 Å². The van der Waals surface area contributed by atoms with Crippen LogP contribution in [0.15, 0.2) is 6.33 Å². The minimum absolute atomic E-state index is 0. The summed E-state index contributed by atoms with van der Waals surface area (Å²) in [5.74, 6) is 1.55. The standard InChI is InChI=1S/C4H7N3S.ClH/c1-7-3-5-6-4(7)2-8;/h3,8H,2H2,1H3;1H. The lowest BCUT2D eigenvalue weighted by Gasteiger charge is -1.89. The zero-order valence-corrected chi connectivity index (χ0v) is 6.69. The average Bonchev–Trinajstić information content (AvgIpc) is 2.14. The number of halogens is 1. The maximum absolute atomic E-state index is 4.02. The van der Waals surface area contributed by atoms with Crippen LogP contribution in [0.1, 0.15) is 5.82 Å². The highest BCUT2D eigenvalue weighted by Gasteiger charge is 1.92. The Kier molecular flexibility index (Phi) is 3.65. The normalized spacial score (nSPS) is 8.67. The molecular formula is C4H8ClN3S. The second-order valence-corrected chi connectivity index (χ2v) is 1.83. The predicted octanol–water partition coefficient (Wildman–Crippen LogP) is 0.667. The van der Waals surface area contributed by atoms with Gasteiger partial charge in [-0.3, -0.25) is 0 Å². The largest absolute Gasteiger partial charge is 0.320 e. The van der Waals surface area contributed by atoms with Crippen molar-refractivity contribution in [1.82, 2.24) is 14.8 Å². The fraction of sp³-hybridized carbons (Fsp3) is 0.500. The minimum Gasteiger partial charge on any atom is -0.320 e. The Morgan fingerprint density at radius 2 is 2.44 bits per heavy atom. The van der Waals surface area contributed by atoms with E-state index in [0.717, 1.165) is 5.82 Å². The van der Waals surface area contributed by atoms with Crippen LogP contribution >= 0.6 is 25.0 Å². The summed E-state index contributed by atoms with van der Waals surface area (Å²) in [5.41, 5.74) is 0. The van der Waals surface area contributed by atoms with E-state index in [1.165, 1.54) is 0 Å². The summed E-state index contributed by atoms with van der Waals surface area (Å²) in [6, 6.07) is 0. The summed E-state index contributed by atoms with van der Waals surface area (Å²) < 4.78 is 1.84. The molecule has 0 atom stereocenters. The molecule has 0 saturated carbocycles. The molecule has 0 aliphatic rings. The van der Waals surface area contributed by atoms with Gasteiger partial charge in [-0.2, -0.15) is 12.6 Å². The third-order valence-corrected chi connectivity index (χ3v) is 1.23. The van der Waals surface area contributed by atoms with Crippen molar-refractivity contribution in [1.29, 1.82) is 0 Å². The summed E-state index contributed by atoms with van der Waals surface area (Å²) in [7, 11) is 1.89. The van der Waals surface area contributed by atoms with Crippen LogP contribution in [0, 0.1) is 0 Å². The van der Waals surface area contributed by atoms with Crippen LogP contribution in [-0.4, -0.2) is 14.8 Å². The highest BCUT2D eigenvalue weighted by molar-refractivity contribution is 7.79. The van der Waals surface area contributed by atoms with Gasteiger partial charge in [0.05, 0.1) is 5.75 Å². The fourth-order valence-corrected chi connectivity index (χ4v) is 0.737. The van der Waals surface area contributed by atoms with E-state index in [2.05, 4.69) is 22.8 Å². The summed E-state index contributed by atoms with van der Waals surface area (Å²) in [5, 5.41) is 7.43. The quantitative estimate of drug-likeness (QED) is 0.621. The fourth-order valence-electron chi connectivity index (χ4n) is 0.450. The van der Waals surface area contributed by atoms with Crippen molar-refractivity contribution in [3.8, 4) is 0 Å². The molecule has 0 radical (unpaired) electrons. The monoisotopic (exact) mass is 165 g/mol. The molecule has 0 saturated heterocycles. The van der Waals surface area contributed by atoms with Gasteiger partial charge in [0.25, 0.3) is 0 Å². The third kappa shape index (κ3) is 1.87. The summed E-state index contributed by atoms with van der Waals surface area (Å²) in [4.78, 5) is 0. The van der Waals surface area contributed by atoms with Crippen molar-refractivity contribution in [2.45, 2.75) is 5.75 Å². The van der Waals surface area contributed by atoms with Crippen molar-refractivity contribution in [3.05, 3.63) is 12.2 Å². The van der Waals surface area contributed by atoms with E-state index in [1.54, 1.807) is 6.33 Å². The maximum Gasteiger partial charge on any atom is 0.142 e. The van der Waals surface area contributed by atoms with Gasteiger partial charge in [0.15, 0.2) is 0 Å². The zero-order valence-electron chi connectivity index (χ0n) is 4.98. The number of aromatic nitrogens is 3. The number of thiol groups is 1. The van der Waals surface area contributed by atoms with E-state index in [0.29, 0.717) is 5.75 Å². The molecule has 3 nitrogen and oxygen atoms in total. The van der Waals surface area contributed by atoms with E-state index in [1.807, 2.05) is 11.6 Å². The molecule has 0 spiro atoms. The molecule has 9 heavy (non-hydrogen) atoms. The van der Waals surface area contributed by atoms with Crippen molar-refractivity contribution in [2.24, 2.45) is 7.05 Å². The van der Waals surface area contributed by atoms with Gasteiger partial charge < -0.3 is 4.57 Å². The molecule has 0 aliphatic heterocycles. The molecule has 0 fully saturated rings. The number of aryl methyl sites for hydroxylation is 1. The molecule has 0 amide bonds. The molecule has 1 aromatic rings. The Morgan fingerprint density at radius 1 is 1.78 bits per heavy atom. The van der Waals surface area contributed by atoms with Gasteiger partial charge in [-0.1, -0.05) is 0 Å². The van der Waals surface area contributed by atoms with E-state index in [9.17, 15) is 0 Å². The Balaban J connectivity index is 0.000000640. The topological polar surface area (TPSA) is 30.7 Å². The van der Waals surface area contributed by atoms with Crippen LogP contribution in [0.3, 0.4) is 0 Å². The lowest BCUT2D eigenvalue weighted by molar-refractivity contribution is 0.850. The molecule has 0 aliphatic carbocycles. The summed E-state index contributed by atoms with van der Waals surface area (Å²) in [6.07, 6.45) is 1.66. The molecule has 0 bridgehead atoms. The molecule has 0 aromatic carbocycles. The van der Waals surface area contributed by atoms with Crippen LogP contribution in [0.2, 0.25) is 0 Å². The van der Waals surface area contributed by atoms with Crippen LogP contribution in [-0.2, 0) is 12.8 Å². The lowest BCUT2D eigenvalue weighted by Crippen LogP contribution is -1.91. The van der Waals surface area contributed by atoms with Crippen LogP contribution in [0.4, 0.5) is 0 Å². The Labute approximate surface area is 65.3 Å². The van der Waals surface area contributed by atoms with Gasteiger partial charge in [0, 0.05) is 7.05 Å². The minimum atomic E-state index is 0. The number of hydrogen-bond acceptors (Lipinski definition) is 3. The number of hydrogen-bond donors (Lipinski definition) is 1. The molecule has 1 aromatic heterocycles. The first kappa shape index (κ1) is 8.78. The van der Waals surface area contributed by atoms with Gasteiger partial charge >= 0.3 is 0 Å². The van der Waals surface area contributed by atoms with Gasteiger partial charge in [0.1, 0.15) is 12.2 Å². The Morgan fingerprint density at radius 3 is 2.67 bits per heavy atom. The second kappa shape index (κ2) is 3.74. The maximum atomic E-state index is 4.02. The van der Waals surface area contributed by atoms with Crippen molar-refractivity contribution in [3.63, 3.8) is 0 Å². The van der Waals surface area contributed by atoms with Gasteiger partial charge in [-0.25, -0.2) is 0 Å². The number of rotatable bonds is 1. The van der Waals surface area contributed by atoms with Gasteiger partial charge in [0.2, 0.25) is 0 Å². The Bertz CT molecular complexity index is 176. The van der Waals surface area contributed by atoms with Crippen LogP contribution in [0.25, 0.3) is 0 Å². The first-order valence-electron chi connectivity index (χ1n) is 2.28. The zero-order chi connectivity index (χ0) is 5.98. The van der Waals surface area contributed by atoms with Crippen molar-refractivity contribution >= 4 is 25.0 Å². The summed E-state index contributed by atoms with van der Waals surface area (Å²) >= 11 is 4.02. The Hall–Kier alpha value is -0.220. The predicted molar refractivity (Wildman–Crippen MR) is 40.9 cm³/mol. The van der Waals surface area contributed by atoms with Gasteiger partial charge in [-0.05, 0) is 0 Å². The van der Waals surface area contributed by atoms with E-state index in [-0.39, 0.29) is 12.4 Å². The van der Waals surface area contributed by atoms with Crippen molar-refractivity contribution in [2.75, 3.05) is 0 Å². The molecule has 0 N–H and O–H groups in total. The lowest BCUT2D eigenvalue weighted by atomic mass is 10.7. The molecule has 52 valence electrons. The highest BCUT2D eigenvalue weighted by Crippen LogP contribution is 1.93. The smallest absolute Gasteiger partial charge is 0.142 e. The highest BCUT2D eigenvalue weighted by atomic mass is 35.5. The first-order chi connectivity index (χ1) is 3.84. The average molecular weight is 166 g/mol. The van der Waals surface area contributed by atoms with E-state index >= 15 is 0 Å². The van der Waals surface area contributed by atoms with Gasteiger partial charge in [-0.15, -0.1) is 22.6 Å². The SMILES string of the molecule is Cl.Cn1cnnc1CS. The summed E-state index contributed by atoms with van der Waals surface area (Å²) in [6.45, 7) is 0. The second-order valence-electron chi connectivity index (χ2n) is 1.52. The molecular weight excluding hydrogens is 158 g/mol. The van der Waals surface area contributed by atoms with E-state index in [4.69, 9.17) is 0 Å². The molecule has 0 unspecified atom stereocenters. The molecule has 1 rings (SSSR count). The van der Waals surface area contributed by atoms with Crippen molar-refractivity contribution < 1.29 is 0 Å². The molecule has 1 heterocycles. The third-order valence-electron chi connectivity index (χ3n) is 0.947. The van der Waals surface area contributed by atoms with Crippen LogP contribution < -0.4 is 0 Å². The van der Waals surface area contributed by atoms with E-state index < -0.39 is 0 Å². The number of nitrogens with zero attached hydrogens (tertiary/aromatic N) is 3.